The molecule has 0 saturated heterocycles. The zero-order chi connectivity index (χ0) is 11.0. The van der Waals surface area contributed by atoms with Crippen molar-refractivity contribution in [2.45, 2.75) is 6.92 Å². The van der Waals surface area contributed by atoms with Crippen LogP contribution in [0.15, 0.2) is 17.1 Å². The van der Waals surface area contributed by atoms with E-state index in [2.05, 4.69) is 4.99 Å². The predicted molar refractivity (Wildman–Crippen MR) is 54.6 cm³/mol. The van der Waals surface area contributed by atoms with Gasteiger partial charge in [-0.3, -0.25) is 9.79 Å². The predicted octanol–water partition coefficient (Wildman–Crippen LogP) is 2.37. The van der Waals surface area contributed by atoms with Crippen LogP contribution >= 0.6 is 0 Å². The van der Waals surface area contributed by atoms with Crippen molar-refractivity contribution in [2.75, 3.05) is 7.11 Å². The lowest BCUT2D eigenvalue weighted by Crippen LogP contribution is -2.17. The third kappa shape index (κ3) is 1.42. The minimum absolute atomic E-state index is 0.0810. The normalized spacial score (nSPS) is 18.9. The topological polar surface area (TPSA) is 38.7 Å². The highest BCUT2D eigenvalue weighted by atomic mass is 19.1. The molecule has 2 rings (SSSR count). The first-order valence-electron chi connectivity index (χ1n) is 4.60. The number of aliphatic imine (C=N–C) groups is 1. The van der Waals surface area contributed by atoms with Gasteiger partial charge in [-0.05, 0) is 12.1 Å². The van der Waals surface area contributed by atoms with Gasteiger partial charge in [-0.1, -0.05) is 6.92 Å². The molecule has 1 aromatic carbocycles. The molecule has 78 valence electrons. The second-order valence-corrected chi connectivity index (χ2v) is 3.40. The van der Waals surface area contributed by atoms with E-state index in [9.17, 15) is 9.18 Å². The smallest absolute Gasteiger partial charge is 0.177 e. The van der Waals surface area contributed by atoms with Crippen LogP contribution < -0.4 is 4.74 Å². The standard InChI is InChI=1S/C11H10FNO2/c1-6-5-13-10-7(12)3-4-8(15-2)9(10)11(6)14/h3-6H,1-2H3. The molecule has 0 amide bonds. The van der Waals surface area contributed by atoms with E-state index in [-0.39, 0.29) is 23.0 Å². The van der Waals surface area contributed by atoms with Gasteiger partial charge in [-0.2, -0.15) is 0 Å². The summed E-state index contributed by atoms with van der Waals surface area (Å²) in [4.78, 5) is 15.7. The number of methoxy groups -OCH3 is 1. The molecule has 0 saturated carbocycles. The van der Waals surface area contributed by atoms with E-state index in [1.54, 1.807) is 6.92 Å². The van der Waals surface area contributed by atoms with E-state index >= 15 is 0 Å². The molecule has 1 aliphatic heterocycles. The largest absolute Gasteiger partial charge is 0.496 e. The monoisotopic (exact) mass is 207 g/mol. The highest BCUT2D eigenvalue weighted by Gasteiger charge is 2.27. The summed E-state index contributed by atoms with van der Waals surface area (Å²) in [7, 11) is 1.45. The average Bonchev–Trinajstić information content (AvgIpc) is 2.24. The number of Topliss-reactive ketones (excluding diaryl/α,β-unsaturated/α-hetero) is 1. The lowest BCUT2D eigenvalue weighted by Gasteiger charge is -2.16. The minimum Gasteiger partial charge on any atom is -0.496 e. The number of rotatable bonds is 1. The number of carbonyl (C=O) groups is 1. The number of ketones is 1. The third-order valence-electron chi connectivity index (χ3n) is 2.40. The van der Waals surface area contributed by atoms with E-state index < -0.39 is 5.82 Å². The number of carbonyl (C=O) groups excluding carboxylic acids is 1. The molecule has 0 aromatic heterocycles. The van der Waals surface area contributed by atoms with Gasteiger partial charge in [-0.15, -0.1) is 0 Å². The van der Waals surface area contributed by atoms with Gasteiger partial charge in [-0.25, -0.2) is 4.39 Å². The Morgan fingerprint density at radius 3 is 2.87 bits per heavy atom. The maximum Gasteiger partial charge on any atom is 0.177 e. The maximum atomic E-state index is 13.4. The van der Waals surface area contributed by atoms with Gasteiger partial charge in [0.05, 0.1) is 18.6 Å². The number of halogens is 1. The van der Waals surface area contributed by atoms with Crippen LogP contribution in [0.1, 0.15) is 17.3 Å². The summed E-state index contributed by atoms with van der Waals surface area (Å²) in [5, 5.41) is 0. The first-order valence-corrected chi connectivity index (χ1v) is 4.60. The Morgan fingerprint density at radius 2 is 2.20 bits per heavy atom. The van der Waals surface area contributed by atoms with Crippen molar-refractivity contribution in [3.63, 3.8) is 0 Å². The van der Waals surface area contributed by atoms with Crippen molar-refractivity contribution >= 4 is 17.7 Å². The Balaban J connectivity index is 2.70. The fraction of sp³-hybridized carbons (Fsp3) is 0.273. The van der Waals surface area contributed by atoms with Gasteiger partial charge in [0.2, 0.25) is 0 Å². The molecular formula is C11H10FNO2. The Morgan fingerprint density at radius 1 is 1.47 bits per heavy atom. The van der Waals surface area contributed by atoms with Crippen LogP contribution in [0.25, 0.3) is 0 Å². The van der Waals surface area contributed by atoms with Gasteiger partial charge in [0, 0.05) is 6.21 Å². The lowest BCUT2D eigenvalue weighted by molar-refractivity contribution is 0.0959. The second-order valence-electron chi connectivity index (χ2n) is 3.40. The Hall–Kier alpha value is -1.71. The number of hydrogen-bond donors (Lipinski definition) is 0. The molecule has 4 heteroatoms. The van der Waals surface area contributed by atoms with Gasteiger partial charge in [0.1, 0.15) is 17.3 Å². The molecule has 1 unspecified atom stereocenters. The van der Waals surface area contributed by atoms with E-state index in [1.165, 1.54) is 25.5 Å². The Bertz CT molecular complexity index is 454. The van der Waals surface area contributed by atoms with Crippen LogP contribution in [0.5, 0.6) is 5.75 Å². The number of hydrogen-bond acceptors (Lipinski definition) is 3. The number of ether oxygens (including phenoxy) is 1. The number of benzene rings is 1. The first kappa shape index (κ1) is 9.83. The maximum absolute atomic E-state index is 13.4. The quantitative estimate of drug-likeness (QED) is 0.709. The molecule has 0 spiro atoms. The molecule has 15 heavy (non-hydrogen) atoms. The summed E-state index contributed by atoms with van der Waals surface area (Å²) in [5.41, 5.74) is 0.324. The van der Waals surface area contributed by atoms with Crippen molar-refractivity contribution in [1.82, 2.24) is 0 Å². The van der Waals surface area contributed by atoms with Crippen molar-refractivity contribution in [3.8, 4) is 5.75 Å². The van der Waals surface area contributed by atoms with E-state index in [4.69, 9.17) is 4.74 Å². The fourth-order valence-electron chi connectivity index (χ4n) is 1.56. The summed E-state index contributed by atoms with van der Waals surface area (Å²) in [6.07, 6.45) is 1.45. The molecule has 0 bridgehead atoms. The van der Waals surface area contributed by atoms with Crippen LogP contribution in [0.4, 0.5) is 10.1 Å². The van der Waals surface area contributed by atoms with Gasteiger partial charge in [0.15, 0.2) is 5.78 Å². The molecule has 1 heterocycles. The zero-order valence-corrected chi connectivity index (χ0v) is 8.45. The molecule has 1 aliphatic rings. The average molecular weight is 207 g/mol. The van der Waals surface area contributed by atoms with Gasteiger partial charge < -0.3 is 4.74 Å². The van der Waals surface area contributed by atoms with Crippen LogP contribution in [0.3, 0.4) is 0 Å². The summed E-state index contributed by atoms with van der Waals surface area (Å²) < 4.78 is 18.4. The third-order valence-corrected chi connectivity index (χ3v) is 2.40. The molecule has 1 aromatic rings. The molecule has 0 radical (unpaired) electrons. The zero-order valence-electron chi connectivity index (χ0n) is 8.45. The van der Waals surface area contributed by atoms with Crippen molar-refractivity contribution in [3.05, 3.63) is 23.5 Å². The molecule has 0 fully saturated rings. The van der Waals surface area contributed by atoms with Crippen LogP contribution in [-0.2, 0) is 0 Å². The van der Waals surface area contributed by atoms with Gasteiger partial charge >= 0.3 is 0 Å². The lowest BCUT2D eigenvalue weighted by atomic mass is 9.95. The molecule has 1 atom stereocenters. The molecular weight excluding hydrogens is 197 g/mol. The summed E-state index contributed by atoms with van der Waals surface area (Å²) in [5.74, 6) is -0.605. The molecule has 0 aliphatic carbocycles. The van der Waals surface area contributed by atoms with E-state index in [0.717, 1.165) is 0 Å². The van der Waals surface area contributed by atoms with Crippen LogP contribution in [-0.4, -0.2) is 19.1 Å². The van der Waals surface area contributed by atoms with Crippen LogP contribution in [0.2, 0.25) is 0 Å². The Labute approximate surface area is 86.6 Å². The summed E-state index contributed by atoms with van der Waals surface area (Å²) in [6, 6.07) is 2.69. The van der Waals surface area contributed by atoms with Crippen molar-refractivity contribution in [1.29, 1.82) is 0 Å². The Kier molecular flexibility index (Phi) is 2.26. The van der Waals surface area contributed by atoms with E-state index in [1.807, 2.05) is 0 Å². The summed E-state index contributed by atoms with van der Waals surface area (Å²) >= 11 is 0. The highest BCUT2D eigenvalue weighted by molar-refractivity contribution is 6.13. The minimum atomic E-state index is -0.498. The first-order chi connectivity index (χ1) is 7.15. The van der Waals surface area contributed by atoms with Crippen molar-refractivity contribution < 1.29 is 13.9 Å². The van der Waals surface area contributed by atoms with E-state index in [0.29, 0.717) is 5.75 Å². The summed E-state index contributed by atoms with van der Waals surface area (Å²) in [6.45, 7) is 1.72. The number of nitrogens with zero attached hydrogens (tertiary/aromatic N) is 1. The number of fused-ring (bicyclic) bond motifs is 1. The SMILES string of the molecule is COc1ccc(F)c2c1C(=O)C(C)C=N2. The second kappa shape index (κ2) is 3.46. The highest BCUT2D eigenvalue weighted by Crippen LogP contribution is 2.35. The van der Waals surface area contributed by atoms with Crippen LogP contribution in [0, 0.1) is 11.7 Å². The fourth-order valence-corrected chi connectivity index (χ4v) is 1.56. The van der Waals surface area contributed by atoms with Crippen molar-refractivity contribution in [2.24, 2.45) is 10.9 Å². The van der Waals surface area contributed by atoms with Gasteiger partial charge in [0.25, 0.3) is 0 Å². The molecule has 3 nitrogen and oxygen atoms in total. The molecule has 0 N–H and O–H groups in total.